The quantitative estimate of drug-likeness (QED) is 0.661. The summed E-state index contributed by atoms with van der Waals surface area (Å²) in [6.45, 7) is 9.58. The van der Waals surface area contributed by atoms with E-state index in [4.69, 9.17) is 4.74 Å². The van der Waals surface area contributed by atoms with E-state index >= 15 is 0 Å². The number of rotatable bonds is 6. The Balaban J connectivity index is 1.59. The number of nitrogens with zero attached hydrogens (tertiary/aromatic N) is 5. The van der Waals surface area contributed by atoms with E-state index in [2.05, 4.69) is 26.7 Å². The number of hydrogen-bond acceptors (Lipinski definition) is 9. The maximum absolute atomic E-state index is 13.2. The van der Waals surface area contributed by atoms with Crippen molar-refractivity contribution in [2.75, 3.05) is 50.8 Å². The minimum Gasteiger partial charge on any atom is -0.386 e. The third-order valence-electron chi connectivity index (χ3n) is 6.09. The van der Waals surface area contributed by atoms with Gasteiger partial charge < -0.3 is 14.7 Å². The van der Waals surface area contributed by atoms with Crippen LogP contribution in [0.2, 0.25) is 0 Å². The Kier molecular flexibility index (Phi) is 6.85. The van der Waals surface area contributed by atoms with Crippen LogP contribution in [0.25, 0.3) is 0 Å². The van der Waals surface area contributed by atoms with Crippen molar-refractivity contribution in [3.05, 3.63) is 35.5 Å². The molecule has 11 heteroatoms. The molecule has 0 bridgehead atoms. The molecule has 4 heterocycles. The molecule has 0 spiro atoms. The maximum Gasteiger partial charge on any atom is 0.252 e. The van der Waals surface area contributed by atoms with Crippen molar-refractivity contribution < 1.29 is 18.3 Å². The molecular weight excluding hydrogens is 450 g/mol. The van der Waals surface area contributed by atoms with Gasteiger partial charge in [-0.15, -0.1) is 11.3 Å². The number of aromatic nitrogens is 2. The Morgan fingerprint density at radius 2 is 2.00 bits per heavy atom. The molecule has 4 rings (SSSR count). The number of sulfonamides is 1. The summed E-state index contributed by atoms with van der Waals surface area (Å²) in [4.78, 5) is 13.5. The van der Waals surface area contributed by atoms with Gasteiger partial charge in [-0.2, -0.15) is 4.31 Å². The van der Waals surface area contributed by atoms with Gasteiger partial charge in [-0.1, -0.05) is 6.07 Å². The third-order valence-corrected chi connectivity index (χ3v) is 9.32. The number of morpholine rings is 1. The summed E-state index contributed by atoms with van der Waals surface area (Å²) < 4.78 is 33.9. The van der Waals surface area contributed by atoms with Crippen molar-refractivity contribution in [1.82, 2.24) is 19.2 Å². The predicted octanol–water partition coefficient (Wildman–Crippen LogP) is 1.37. The first kappa shape index (κ1) is 23.5. The summed E-state index contributed by atoms with van der Waals surface area (Å²) in [6.07, 6.45) is 3.29. The van der Waals surface area contributed by atoms with Crippen molar-refractivity contribution >= 4 is 27.3 Å². The summed E-state index contributed by atoms with van der Waals surface area (Å²) in [5.41, 5.74) is -0.382. The minimum atomic E-state index is -3.53. The lowest BCUT2D eigenvalue weighted by molar-refractivity contribution is -0.00453. The first-order valence-corrected chi connectivity index (χ1v) is 13.2. The molecule has 2 atom stereocenters. The smallest absolute Gasteiger partial charge is 0.252 e. The van der Waals surface area contributed by atoms with Gasteiger partial charge in [0, 0.05) is 56.7 Å². The number of ether oxygens (including phenoxy) is 1. The van der Waals surface area contributed by atoms with E-state index in [9.17, 15) is 13.5 Å². The molecule has 0 aliphatic carbocycles. The van der Waals surface area contributed by atoms with Crippen molar-refractivity contribution in [3.8, 4) is 0 Å². The van der Waals surface area contributed by atoms with Gasteiger partial charge >= 0.3 is 0 Å². The Hall–Kier alpha value is -1.63. The van der Waals surface area contributed by atoms with Crippen LogP contribution in [0.1, 0.15) is 26.3 Å². The Morgan fingerprint density at radius 3 is 2.62 bits per heavy atom. The summed E-state index contributed by atoms with van der Waals surface area (Å²) >= 11 is 1.24. The molecule has 176 valence electrons. The van der Waals surface area contributed by atoms with Gasteiger partial charge in [0.1, 0.15) is 4.21 Å². The molecule has 0 unspecified atom stereocenters. The van der Waals surface area contributed by atoms with E-state index in [1.54, 1.807) is 48.1 Å². The molecule has 2 saturated heterocycles. The lowest BCUT2D eigenvalue weighted by atomic mass is 10.0. The molecule has 2 aromatic rings. The molecule has 32 heavy (non-hydrogen) atoms. The zero-order valence-electron chi connectivity index (χ0n) is 18.7. The molecular formula is C21H31N5O4S2. The van der Waals surface area contributed by atoms with Gasteiger partial charge in [0.25, 0.3) is 10.0 Å². The first-order chi connectivity index (χ1) is 15.2. The Labute approximate surface area is 193 Å². The van der Waals surface area contributed by atoms with Crippen molar-refractivity contribution in [3.63, 3.8) is 0 Å². The number of anilines is 1. The number of hydrogen-bond donors (Lipinski definition) is 1. The lowest BCUT2D eigenvalue weighted by Crippen LogP contribution is -2.60. The zero-order valence-corrected chi connectivity index (χ0v) is 20.3. The van der Waals surface area contributed by atoms with Crippen LogP contribution in [0.5, 0.6) is 0 Å². The second-order valence-corrected chi connectivity index (χ2v) is 12.0. The van der Waals surface area contributed by atoms with E-state index in [-0.39, 0.29) is 12.1 Å². The van der Waals surface area contributed by atoms with E-state index in [0.717, 1.165) is 6.54 Å². The molecule has 0 aromatic carbocycles. The van der Waals surface area contributed by atoms with Crippen LogP contribution in [0.15, 0.2) is 34.1 Å². The number of aliphatic hydroxyl groups is 1. The van der Waals surface area contributed by atoms with Gasteiger partial charge in [-0.25, -0.2) is 18.4 Å². The standard InChI is InChI=1S/C21H31N5O4S2/c1-16-15-30-9-8-24(16)13-18-14-25(32(28,29)19-5-4-10-31-19)6-7-26(18)20-22-11-17(12-23-20)21(2,3)27/h4-5,10-12,16,18,27H,6-9,13-15H2,1-3H3/t16-,18-/m0/s1. The SMILES string of the molecule is C[C@H]1COCCN1C[C@H]1CN(S(=O)(=O)c2cccs2)CCN1c1ncc(C(C)(C)O)cn1. The molecule has 2 aliphatic heterocycles. The van der Waals surface area contributed by atoms with Gasteiger partial charge in [-0.3, -0.25) is 4.90 Å². The maximum atomic E-state index is 13.2. The van der Waals surface area contributed by atoms with Crippen LogP contribution in [0.4, 0.5) is 5.95 Å². The topological polar surface area (TPSA) is 99.1 Å². The van der Waals surface area contributed by atoms with Gasteiger partial charge in [-0.05, 0) is 32.2 Å². The van der Waals surface area contributed by atoms with Crippen LogP contribution in [0, 0.1) is 0 Å². The number of thiophene rings is 1. The summed E-state index contributed by atoms with van der Waals surface area (Å²) in [5.74, 6) is 0.553. The predicted molar refractivity (Wildman–Crippen MR) is 123 cm³/mol. The molecule has 1 N–H and O–H groups in total. The highest BCUT2D eigenvalue weighted by atomic mass is 32.2. The van der Waals surface area contributed by atoms with Crippen molar-refractivity contribution in [1.29, 1.82) is 0 Å². The monoisotopic (exact) mass is 481 g/mol. The van der Waals surface area contributed by atoms with Gasteiger partial charge in [0.05, 0.1) is 24.9 Å². The van der Waals surface area contributed by atoms with Crippen LogP contribution < -0.4 is 4.90 Å². The van der Waals surface area contributed by atoms with Gasteiger partial charge in [0.2, 0.25) is 5.95 Å². The largest absolute Gasteiger partial charge is 0.386 e. The van der Waals surface area contributed by atoms with Crippen LogP contribution in [0.3, 0.4) is 0 Å². The molecule has 0 amide bonds. The summed E-state index contributed by atoms with van der Waals surface area (Å²) in [5, 5.41) is 12.0. The fourth-order valence-electron chi connectivity index (χ4n) is 4.09. The number of piperazine rings is 1. The second kappa shape index (κ2) is 9.32. The molecule has 2 aromatic heterocycles. The highest BCUT2D eigenvalue weighted by Crippen LogP contribution is 2.27. The van der Waals surface area contributed by atoms with Gasteiger partial charge in [0.15, 0.2) is 0 Å². The second-order valence-electron chi connectivity index (χ2n) is 8.89. The minimum absolute atomic E-state index is 0.105. The normalized spacial score (nSPS) is 24.1. The first-order valence-electron chi connectivity index (χ1n) is 10.8. The van der Waals surface area contributed by atoms with E-state index in [0.29, 0.717) is 55.1 Å². The fraction of sp³-hybridized carbons (Fsp3) is 0.619. The van der Waals surface area contributed by atoms with E-state index in [1.165, 1.54) is 11.3 Å². The zero-order chi connectivity index (χ0) is 22.9. The summed E-state index contributed by atoms with van der Waals surface area (Å²) in [7, 11) is -3.53. The molecule has 0 saturated carbocycles. The summed E-state index contributed by atoms with van der Waals surface area (Å²) in [6, 6.07) is 3.57. The van der Waals surface area contributed by atoms with Crippen LogP contribution in [-0.4, -0.2) is 90.7 Å². The van der Waals surface area contributed by atoms with Crippen LogP contribution in [-0.2, 0) is 20.4 Å². The molecule has 0 radical (unpaired) electrons. The van der Waals surface area contributed by atoms with E-state index < -0.39 is 15.6 Å². The molecule has 2 fully saturated rings. The fourth-order valence-corrected chi connectivity index (χ4v) is 6.70. The van der Waals surface area contributed by atoms with E-state index in [1.807, 2.05) is 0 Å². The average Bonchev–Trinajstić information content (AvgIpc) is 3.31. The highest BCUT2D eigenvalue weighted by molar-refractivity contribution is 7.91. The average molecular weight is 482 g/mol. The van der Waals surface area contributed by atoms with Crippen molar-refractivity contribution in [2.45, 2.75) is 42.7 Å². The Morgan fingerprint density at radius 1 is 1.25 bits per heavy atom. The highest BCUT2D eigenvalue weighted by Gasteiger charge is 2.37. The van der Waals surface area contributed by atoms with Crippen molar-refractivity contribution in [2.24, 2.45) is 0 Å². The molecule has 2 aliphatic rings. The molecule has 9 nitrogen and oxygen atoms in total. The lowest BCUT2D eigenvalue weighted by Gasteiger charge is -2.44. The third kappa shape index (κ3) is 4.97. The Bertz CT molecular complexity index is 992. The van der Waals surface area contributed by atoms with Crippen LogP contribution >= 0.6 is 11.3 Å².